The molecule has 0 spiro atoms. The molecule has 31 heavy (non-hydrogen) atoms. The molecule has 5 N–H and O–H groups in total. The topological polar surface area (TPSA) is 122 Å². The summed E-state index contributed by atoms with van der Waals surface area (Å²) in [6.07, 6.45) is -2.23. The van der Waals surface area contributed by atoms with E-state index >= 15 is 0 Å². The number of carbonyl (C=O) groups is 2. The van der Waals surface area contributed by atoms with Gasteiger partial charge in [-0.3, -0.25) is 9.59 Å². The summed E-state index contributed by atoms with van der Waals surface area (Å²) in [4.78, 5) is 31.7. The van der Waals surface area contributed by atoms with Crippen LogP contribution in [-0.4, -0.2) is 28.8 Å². The summed E-state index contributed by atoms with van der Waals surface area (Å²) in [7, 11) is 1.42. The fourth-order valence-corrected chi connectivity index (χ4v) is 2.75. The van der Waals surface area contributed by atoms with Crippen LogP contribution in [0.15, 0.2) is 54.9 Å². The molecule has 0 radical (unpaired) electrons. The summed E-state index contributed by atoms with van der Waals surface area (Å²) in [5.41, 5.74) is 5.18. The Morgan fingerprint density at radius 3 is 2.39 bits per heavy atom. The van der Waals surface area contributed by atoms with Crippen LogP contribution in [0.4, 0.5) is 36.2 Å². The number of pyridine rings is 2. The Balaban J connectivity index is 2.03. The van der Waals surface area contributed by atoms with Crippen molar-refractivity contribution >= 4 is 34.8 Å². The minimum absolute atomic E-state index is 0.00379. The second kappa shape index (κ2) is 8.69. The Labute approximate surface area is 174 Å². The Morgan fingerprint density at radius 1 is 0.968 bits per heavy atom. The van der Waals surface area contributed by atoms with Gasteiger partial charge >= 0.3 is 6.18 Å². The van der Waals surface area contributed by atoms with Gasteiger partial charge in [0.05, 0.1) is 28.1 Å². The second-order valence-corrected chi connectivity index (χ2v) is 6.25. The minimum Gasteiger partial charge on any atom is -0.366 e. The lowest BCUT2D eigenvalue weighted by molar-refractivity contribution is -0.137. The molecular weight excluding hydrogens is 413 g/mol. The molecule has 0 aliphatic rings. The lowest BCUT2D eigenvalue weighted by Gasteiger charge is -2.16. The number of amides is 2. The number of benzene rings is 1. The van der Waals surface area contributed by atoms with Crippen LogP contribution in [0.25, 0.3) is 0 Å². The van der Waals surface area contributed by atoms with Crippen molar-refractivity contribution in [2.45, 2.75) is 6.18 Å². The third kappa shape index (κ3) is 4.89. The van der Waals surface area contributed by atoms with Gasteiger partial charge in [-0.2, -0.15) is 13.2 Å². The molecule has 2 amide bonds. The zero-order valence-corrected chi connectivity index (χ0v) is 16.1. The van der Waals surface area contributed by atoms with Crippen molar-refractivity contribution in [3.05, 3.63) is 71.5 Å². The van der Waals surface area contributed by atoms with Crippen molar-refractivity contribution in [2.75, 3.05) is 17.7 Å². The van der Waals surface area contributed by atoms with Gasteiger partial charge in [0.15, 0.2) is 0 Å². The largest absolute Gasteiger partial charge is 0.419 e. The molecule has 3 aromatic rings. The molecule has 2 aromatic heterocycles. The van der Waals surface area contributed by atoms with Crippen LogP contribution in [-0.2, 0) is 6.18 Å². The molecule has 160 valence electrons. The number of para-hydroxylation sites is 1. The molecule has 0 unspecified atom stereocenters. The number of alkyl halides is 3. The van der Waals surface area contributed by atoms with Crippen molar-refractivity contribution in [1.82, 2.24) is 15.3 Å². The zero-order valence-electron chi connectivity index (χ0n) is 16.1. The van der Waals surface area contributed by atoms with Gasteiger partial charge < -0.3 is 21.7 Å². The second-order valence-electron chi connectivity index (χ2n) is 6.25. The zero-order chi connectivity index (χ0) is 22.6. The van der Waals surface area contributed by atoms with E-state index in [1.165, 1.54) is 37.6 Å². The smallest absolute Gasteiger partial charge is 0.366 e. The fraction of sp³-hybridized carbons (Fsp3) is 0.100. The first-order valence-corrected chi connectivity index (χ1v) is 8.88. The number of nitrogens with zero attached hydrogens (tertiary/aromatic N) is 2. The van der Waals surface area contributed by atoms with Crippen molar-refractivity contribution in [2.24, 2.45) is 5.73 Å². The third-order valence-corrected chi connectivity index (χ3v) is 4.20. The average Bonchev–Trinajstić information content (AvgIpc) is 2.73. The van der Waals surface area contributed by atoms with Crippen molar-refractivity contribution in [1.29, 1.82) is 0 Å². The SMILES string of the molecule is CNC(=O)c1cnc(Nc2ncccc2C(F)(F)F)cc1Nc1ccccc1C(N)=O. The highest BCUT2D eigenvalue weighted by Crippen LogP contribution is 2.35. The highest BCUT2D eigenvalue weighted by Gasteiger charge is 2.34. The summed E-state index contributed by atoms with van der Waals surface area (Å²) in [5, 5.41) is 7.90. The molecular formula is C20H17F3N6O2. The number of anilines is 4. The van der Waals surface area contributed by atoms with Gasteiger partial charge in [-0.05, 0) is 24.3 Å². The molecule has 0 saturated heterocycles. The number of hydrogen-bond donors (Lipinski definition) is 4. The molecule has 0 bridgehead atoms. The fourth-order valence-electron chi connectivity index (χ4n) is 2.75. The molecule has 1 aromatic carbocycles. The Bertz CT molecular complexity index is 1130. The van der Waals surface area contributed by atoms with E-state index in [0.717, 1.165) is 6.07 Å². The van der Waals surface area contributed by atoms with Gasteiger partial charge in [-0.1, -0.05) is 12.1 Å². The van der Waals surface area contributed by atoms with Crippen LogP contribution in [0.2, 0.25) is 0 Å². The molecule has 0 aliphatic carbocycles. The average molecular weight is 430 g/mol. The first-order chi connectivity index (χ1) is 14.7. The molecule has 3 rings (SSSR count). The van der Waals surface area contributed by atoms with E-state index < -0.39 is 29.4 Å². The third-order valence-electron chi connectivity index (χ3n) is 4.20. The number of carbonyl (C=O) groups excluding carboxylic acids is 2. The number of primary amides is 1. The maximum Gasteiger partial charge on any atom is 0.419 e. The van der Waals surface area contributed by atoms with Crippen LogP contribution in [0.5, 0.6) is 0 Å². The van der Waals surface area contributed by atoms with Gasteiger partial charge in [0.25, 0.3) is 11.8 Å². The van der Waals surface area contributed by atoms with Crippen LogP contribution in [0.3, 0.4) is 0 Å². The highest BCUT2D eigenvalue weighted by atomic mass is 19.4. The van der Waals surface area contributed by atoms with E-state index in [2.05, 4.69) is 25.9 Å². The number of halogens is 3. The number of rotatable bonds is 6. The predicted octanol–water partition coefficient (Wildman–Crippen LogP) is 3.44. The number of nitrogens with one attached hydrogen (secondary N) is 3. The monoisotopic (exact) mass is 430 g/mol. The summed E-state index contributed by atoms with van der Waals surface area (Å²) >= 11 is 0. The summed E-state index contributed by atoms with van der Waals surface area (Å²) < 4.78 is 39.7. The standard InChI is InChI=1S/C20H17F3N6O2/c1-25-19(31)12-10-27-16(29-18-13(20(21,22)23)6-4-8-26-18)9-15(12)28-14-7-3-2-5-11(14)17(24)30/h2-10H,1H3,(H2,24,30)(H,25,31)(H2,26,27,28,29). The highest BCUT2D eigenvalue weighted by molar-refractivity contribution is 6.03. The Morgan fingerprint density at radius 2 is 1.71 bits per heavy atom. The van der Waals surface area contributed by atoms with E-state index in [-0.39, 0.29) is 22.6 Å². The van der Waals surface area contributed by atoms with Gasteiger partial charge in [-0.25, -0.2) is 9.97 Å². The maximum atomic E-state index is 13.2. The van der Waals surface area contributed by atoms with Gasteiger partial charge in [0.2, 0.25) is 0 Å². The summed E-state index contributed by atoms with van der Waals surface area (Å²) in [5.74, 6) is -1.64. The van der Waals surface area contributed by atoms with Crippen molar-refractivity contribution < 1.29 is 22.8 Å². The first kappa shape index (κ1) is 21.6. The first-order valence-electron chi connectivity index (χ1n) is 8.88. The van der Waals surface area contributed by atoms with Crippen LogP contribution in [0, 0.1) is 0 Å². The normalized spacial score (nSPS) is 11.0. The van der Waals surface area contributed by atoms with Crippen molar-refractivity contribution in [3.8, 4) is 0 Å². The molecule has 0 fully saturated rings. The summed E-state index contributed by atoms with van der Waals surface area (Å²) in [6.45, 7) is 0. The Hall–Kier alpha value is -4.15. The minimum atomic E-state index is -4.62. The van der Waals surface area contributed by atoms with E-state index in [4.69, 9.17) is 5.73 Å². The Kier molecular flexibility index (Phi) is 6.05. The number of hydrogen-bond acceptors (Lipinski definition) is 6. The molecule has 0 saturated carbocycles. The number of aromatic nitrogens is 2. The van der Waals surface area contributed by atoms with Crippen LogP contribution >= 0.6 is 0 Å². The van der Waals surface area contributed by atoms with Crippen LogP contribution in [0.1, 0.15) is 26.3 Å². The van der Waals surface area contributed by atoms with Crippen molar-refractivity contribution in [3.63, 3.8) is 0 Å². The lowest BCUT2D eigenvalue weighted by Crippen LogP contribution is -2.20. The molecule has 8 nitrogen and oxygen atoms in total. The van der Waals surface area contributed by atoms with E-state index in [0.29, 0.717) is 5.69 Å². The van der Waals surface area contributed by atoms with E-state index in [9.17, 15) is 22.8 Å². The summed E-state index contributed by atoms with van der Waals surface area (Å²) in [6, 6.07) is 9.72. The molecule has 2 heterocycles. The molecule has 0 atom stereocenters. The quantitative estimate of drug-likeness (QED) is 0.475. The van der Waals surface area contributed by atoms with E-state index in [1.807, 2.05) is 0 Å². The maximum absolute atomic E-state index is 13.2. The van der Waals surface area contributed by atoms with Gasteiger partial charge in [0, 0.05) is 25.5 Å². The molecule has 11 heteroatoms. The van der Waals surface area contributed by atoms with E-state index in [1.54, 1.807) is 18.2 Å². The molecule has 0 aliphatic heterocycles. The number of nitrogens with two attached hydrogens (primary N) is 1. The lowest BCUT2D eigenvalue weighted by atomic mass is 10.1. The van der Waals surface area contributed by atoms with Gasteiger partial charge in [0.1, 0.15) is 11.6 Å². The van der Waals surface area contributed by atoms with Crippen LogP contribution < -0.4 is 21.7 Å². The van der Waals surface area contributed by atoms with Gasteiger partial charge in [-0.15, -0.1) is 0 Å². The predicted molar refractivity (Wildman–Crippen MR) is 108 cm³/mol.